The normalized spacial score (nSPS) is 11.2. The van der Waals surface area contributed by atoms with Gasteiger partial charge in [0.25, 0.3) is 0 Å². The van der Waals surface area contributed by atoms with Crippen LogP contribution in [0.2, 0.25) is 0 Å². The van der Waals surface area contributed by atoms with Crippen LogP contribution in [0.1, 0.15) is 11.3 Å². The van der Waals surface area contributed by atoms with Crippen molar-refractivity contribution < 1.29 is 9.13 Å². The van der Waals surface area contributed by atoms with E-state index in [1.165, 1.54) is 13.2 Å². The molecule has 1 N–H and O–H groups in total. The number of aromatic nitrogens is 7. The Labute approximate surface area is 188 Å². The van der Waals surface area contributed by atoms with Crippen molar-refractivity contribution in [2.75, 3.05) is 12.4 Å². The number of methoxy groups -OCH3 is 1. The average molecular weight is 444 g/mol. The fourth-order valence-electron chi connectivity index (χ4n) is 3.65. The number of hydrogen-bond donors (Lipinski definition) is 1. The van der Waals surface area contributed by atoms with Gasteiger partial charge in [0.1, 0.15) is 5.52 Å². The Morgan fingerprint density at radius 3 is 2.76 bits per heavy atom. The average Bonchev–Trinajstić information content (AvgIpc) is 3.35. The summed E-state index contributed by atoms with van der Waals surface area (Å²) in [4.78, 5) is 8.94. The molecule has 0 saturated heterocycles. The van der Waals surface area contributed by atoms with Crippen LogP contribution in [0.4, 0.5) is 16.0 Å². The minimum atomic E-state index is -0.406. The molecular formula is C23H21FN8O. The van der Waals surface area contributed by atoms with Gasteiger partial charge in [-0.3, -0.25) is 4.68 Å². The SMILES string of the molecule is COc1ccc(Cn2nnc3cc(-c4ccnc(Nc5cn(C)nc5C)n4)ccc32)cc1F. The van der Waals surface area contributed by atoms with Crippen LogP contribution in [0.5, 0.6) is 5.75 Å². The number of anilines is 2. The lowest BCUT2D eigenvalue weighted by Gasteiger charge is -2.07. The van der Waals surface area contributed by atoms with Crippen LogP contribution in [0.15, 0.2) is 54.9 Å². The number of hydrogen-bond acceptors (Lipinski definition) is 7. The van der Waals surface area contributed by atoms with Gasteiger partial charge in [0, 0.05) is 25.0 Å². The van der Waals surface area contributed by atoms with Crippen molar-refractivity contribution in [3.05, 3.63) is 71.9 Å². The van der Waals surface area contributed by atoms with Crippen LogP contribution in [0.3, 0.4) is 0 Å². The maximum absolute atomic E-state index is 14.0. The molecule has 0 bridgehead atoms. The van der Waals surface area contributed by atoms with E-state index >= 15 is 0 Å². The van der Waals surface area contributed by atoms with E-state index in [0.717, 1.165) is 39.2 Å². The molecule has 0 aliphatic heterocycles. The van der Waals surface area contributed by atoms with E-state index in [2.05, 4.69) is 30.7 Å². The maximum atomic E-state index is 14.0. The summed E-state index contributed by atoms with van der Waals surface area (Å²) in [6.45, 7) is 2.31. The van der Waals surface area contributed by atoms with Gasteiger partial charge in [-0.1, -0.05) is 17.3 Å². The van der Waals surface area contributed by atoms with Crippen LogP contribution in [0.25, 0.3) is 22.3 Å². The molecule has 166 valence electrons. The smallest absolute Gasteiger partial charge is 0.227 e. The van der Waals surface area contributed by atoms with Gasteiger partial charge in [0.05, 0.1) is 36.2 Å². The van der Waals surface area contributed by atoms with Crippen LogP contribution in [0, 0.1) is 12.7 Å². The first-order valence-electron chi connectivity index (χ1n) is 10.3. The number of halogens is 1. The number of nitrogens with one attached hydrogen (secondary N) is 1. The highest BCUT2D eigenvalue weighted by Crippen LogP contribution is 2.25. The van der Waals surface area contributed by atoms with Gasteiger partial charge in [0.15, 0.2) is 11.6 Å². The van der Waals surface area contributed by atoms with Crippen molar-refractivity contribution in [3.8, 4) is 17.0 Å². The third kappa shape index (κ3) is 4.10. The zero-order valence-corrected chi connectivity index (χ0v) is 18.3. The molecule has 2 aromatic carbocycles. The van der Waals surface area contributed by atoms with Crippen LogP contribution >= 0.6 is 0 Å². The Morgan fingerprint density at radius 2 is 2.00 bits per heavy atom. The van der Waals surface area contributed by atoms with Crippen molar-refractivity contribution in [2.45, 2.75) is 13.5 Å². The fourth-order valence-corrected chi connectivity index (χ4v) is 3.65. The standard InChI is InChI=1S/C23H21FN8O/c1-14-20(13-31(2)29-14)27-23-25-9-8-18(26-23)16-5-6-21-19(11-16)28-30-32(21)12-15-4-7-22(33-3)17(24)10-15/h4-11,13H,12H2,1-3H3,(H,25,26,27). The van der Waals surface area contributed by atoms with Gasteiger partial charge < -0.3 is 10.1 Å². The number of aryl methyl sites for hydroxylation is 2. The minimum Gasteiger partial charge on any atom is -0.494 e. The van der Waals surface area contributed by atoms with Crippen molar-refractivity contribution in [2.24, 2.45) is 7.05 Å². The molecule has 0 amide bonds. The summed E-state index contributed by atoms with van der Waals surface area (Å²) in [6.07, 6.45) is 3.58. The van der Waals surface area contributed by atoms with E-state index in [9.17, 15) is 4.39 Å². The number of nitrogens with zero attached hydrogens (tertiary/aromatic N) is 7. The van der Waals surface area contributed by atoms with Gasteiger partial charge in [-0.05, 0) is 42.8 Å². The molecule has 5 aromatic rings. The molecule has 0 spiro atoms. The first-order valence-corrected chi connectivity index (χ1v) is 10.3. The summed E-state index contributed by atoms with van der Waals surface area (Å²) >= 11 is 0. The highest BCUT2D eigenvalue weighted by Gasteiger charge is 2.11. The molecule has 0 atom stereocenters. The number of ether oxygens (including phenoxy) is 1. The summed E-state index contributed by atoms with van der Waals surface area (Å²) in [5, 5.41) is 16.1. The molecule has 3 heterocycles. The zero-order chi connectivity index (χ0) is 22.9. The van der Waals surface area contributed by atoms with E-state index in [0.29, 0.717) is 12.5 Å². The number of rotatable bonds is 6. The predicted octanol–water partition coefficient (Wildman–Crippen LogP) is 3.87. The number of fused-ring (bicyclic) bond motifs is 1. The summed E-state index contributed by atoms with van der Waals surface area (Å²) in [5.41, 5.74) is 5.68. The molecular weight excluding hydrogens is 423 g/mol. The Kier molecular flexibility index (Phi) is 5.17. The van der Waals surface area contributed by atoms with Crippen molar-refractivity contribution >= 4 is 22.7 Å². The van der Waals surface area contributed by atoms with Gasteiger partial charge in [0.2, 0.25) is 5.95 Å². The van der Waals surface area contributed by atoms with E-state index in [1.54, 1.807) is 21.6 Å². The quantitative estimate of drug-likeness (QED) is 0.425. The highest BCUT2D eigenvalue weighted by atomic mass is 19.1. The van der Waals surface area contributed by atoms with Crippen molar-refractivity contribution in [1.82, 2.24) is 34.7 Å². The molecule has 0 unspecified atom stereocenters. The fraction of sp³-hybridized carbons (Fsp3) is 0.174. The Hall–Kier alpha value is -4.34. The molecule has 5 rings (SSSR count). The van der Waals surface area contributed by atoms with E-state index in [-0.39, 0.29) is 5.75 Å². The molecule has 0 radical (unpaired) electrons. The lowest BCUT2D eigenvalue weighted by Crippen LogP contribution is -2.02. The van der Waals surface area contributed by atoms with Crippen molar-refractivity contribution in [3.63, 3.8) is 0 Å². The van der Waals surface area contributed by atoms with Crippen molar-refractivity contribution in [1.29, 1.82) is 0 Å². The molecule has 10 heteroatoms. The second-order valence-electron chi connectivity index (χ2n) is 7.61. The highest BCUT2D eigenvalue weighted by molar-refractivity contribution is 5.80. The molecule has 33 heavy (non-hydrogen) atoms. The molecule has 0 aliphatic rings. The first kappa shape index (κ1) is 20.6. The summed E-state index contributed by atoms with van der Waals surface area (Å²) < 4.78 is 22.5. The Morgan fingerprint density at radius 1 is 1.12 bits per heavy atom. The van der Waals surface area contributed by atoms with Gasteiger partial charge in [-0.2, -0.15) is 5.10 Å². The van der Waals surface area contributed by atoms with Gasteiger partial charge in [-0.15, -0.1) is 5.10 Å². The lowest BCUT2D eigenvalue weighted by molar-refractivity contribution is 0.386. The van der Waals surface area contributed by atoms with Crippen LogP contribution in [-0.4, -0.2) is 41.9 Å². The molecule has 0 aliphatic carbocycles. The second kappa shape index (κ2) is 8.30. The van der Waals surface area contributed by atoms with Crippen LogP contribution < -0.4 is 10.1 Å². The second-order valence-corrected chi connectivity index (χ2v) is 7.61. The largest absolute Gasteiger partial charge is 0.494 e. The molecule has 9 nitrogen and oxygen atoms in total. The predicted molar refractivity (Wildman–Crippen MR) is 122 cm³/mol. The summed E-state index contributed by atoms with van der Waals surface area (Å²) in [5.74, 6) is 0.287. The lowest BCUT2D eigenvalue weighted by atomic mass is 10.1. The monoisotopic (exact) mass is 444 g/mol. The van der Waals surface area contributed by atoms with Gasteiger partial charge in [-0.25, -0.2) is 19.0 Å². The summed E-state index contributed by atoms with van der Waals surface area (Å²) in [6, 6.07) is 12.5. The third-order valence-corrected chi connectivity index (χ3v) is 5.27. The Bertz CT molecular complexity index is 1460. The van der Waals surface area contributed by atoms with E-state index < -0.39 is 5.82 Å². The van der Waals surface area contributed by atoms with E-state index in [1.807, 2.05) is 50.5 Å². The zero-order valence-electron chi connectivity index (χ0n) is 18.3. The van der Waals surface area contributed by atoms with Crippen LogP contribution in [-0.2, 0) is 13.6 Å². The first-order chi connectivity index (χ1) is 16.0. The van der Waals surface area contributed by atoms with Gasteiger partial charge >= 0.3 is 0 Å². The topological polar surface area (TPSA) is 95.6 Å². The number of benzene rings is 2. The summed E-state index contributed by atoms with van der Waals surface area (Å²) in [7, 11) is 3.31. The third-order valence-electron chi connectivity index (χ3n) is 5.27. The van der Waals surface area contributed by atoms with E-state index in [4.69, 9.17) is 4.74 Å². The molecule has 0 saturated carbocycles. The molecule has 3 aromatic heterocycles. The maximum Gasteiger partial charge on any atom is 0.227 e. The minimum absolute atomic E-state index is 0.212. The Balaban J connectivity index is 1.40. The molecule has 0 fully saturated rings.